The van der Waals surface area contributed by atoms with E-state index in [0.29, 0.717) is 64.6 Å². The molecule has 0 aliphatic carbocycles. The van der Waals surface area contributed by atoms with Gasteiger partial charge in [-0.05, 0) is 6.42 Å². The molecule has 136 valence electrons. The van der Waals surface area contributed by atoms with Crippen molar-refractivity contribution in [3.8, 4) is 0 Å². The van der Waals surface area contributed by atoms with Crippen LogP contribution in [0.4, 0.5) is 0 Å². The number of hydrogen-bond acceptors (Lipinski definition) is 7. The van der Waals surface area contributed by atoms with Gasteiger partial charge in [0.2, 0.25) is 0 Å². The molecule has 0 aromatic heterocycles. The molecule has 0 aromatic carbocycles. The lowest BCUT2D eigenvalue weighted by Crippen LogP contribution is -2.13. The Hall–Kier alpha value is -0.540. The summed E-state index contributed by atoms with van der Waals surface area (Å²) in [5.74, 6) is -0.0902. The molecule has 23 heavy (non-hydrogen) atoms. The molecule has 7 nitrogen and oxygen atoms in total. The van der Waals surface area contributed by atoms with Gasteiger partial charge in [-0.15, -0.1) is 0 Å². The molecule has 0 saturated heterocycles. The van der Waals surface area contributed by atoms with E-state index in [1.54, 1.807) is 0 Å². The zero-order chi connectivity index (χ0) is 17.2. The fourth-order valence-corrected chi connectivity index (χ4v) is 1.74. The van der Waals surface area contributed by atoms with Crippen molar-refractivity contribution in [1.29, 1.82) is 0 Å². The summed E-state index contributed by atoms with van der Waals surface area (Å²) in [6.07, 6.45) is 1.54. The molecule has 0 saturated carbocycles. The van der Waals surface area contributed by atoms with E-state index in [1.165, 1.54) is 7.11 Å². The van der Waals surface area contributed by atoms with Crippen molar-refractivity contribution in [2.24, 2.45) is 0 Å². The van der Waals surface area contributed by atoms with E-state index in [0.717, 1.165) is 6.42 Å². The molecule has 0 bridgehead atoms. The largest absolute Gasteiger partial charge is 0.469 e. The Morgan fingerprint density at radius 3 is 1.70 bits per heavy atom. The quantitative estimate of drug-likeness (QED) is 0.208. The van der Waals surface area contributed by atoms with Crippen molar-refractivity contribution in [1.82, 2.24) is 0 Å². The summed E-state index contributed by atoms with van der Waals surface area (Å²) in [6, 6.07) is 0. The van der Waals surface area contributed by atoms with Crippen molar-refractivity contribution in [3.05, 3.63) is 0 Å². The first-order valence-corrected chi connectivity index (χ1v) is 8.78. The number of esters is 1. The monoisotopic (exact) mass is 398 g/mol. The predicted molar refractivity (Wildman–Crippen MR) is 87.9 cm³/mol. The lowest BCUT2D eigenvalue weighted by molar-refractivity contribution is -0.142. The van der Waals surface area contributed by atoms with Crippen molar-refractivity contribution in [2.45, 2.75) is 19.3 Å². The smallest absolute Gasteiger partial charge is 0.307 e. The first-order chi connectivity index (χ1) is 11.2. The van der Waals surface area contributed by atoms with E-state index in [2.05, 4.69) is 20.7 Å². The lowest BCUT2D eigenvalue weighted by atomic mass is 10.2. The van der Waals surface area contributed by atoms with Gasteiger partial charge in [0.05, 0.1) is 65.1 Å². The van der Waals surface area contributed by atoms with Crippen LogP contribution in [0, 0.1) is 0 Å². The number of carbonyl (C=O) groups excluding carboxylic acids is 2. The molecule has 0 radical (unpaired) electrons. The summed E-state index contributed by atoms with van der Waals surface area (Å²) in [7, 11) is 1.35. The average Bonchev–Trinajstić information content (AvgIpc) is 2.57. The lowest BCUT2D eigenvalue weighted by Gasteiger charge is -2.07. The molecule has 0 amide bonds. The fraction of sp³-hybridized carbons (Fsp3) is 0.867. The minimum Gasteiger partial charge on any atom is -0.469 e. The summed E-state index contributed by atoms with van der Waals surface area (Å²) in [6.45, 7) is 3.81. The van der Waals surface area contributed by atoms with E-state index in [4.69, 9.17) is 18.9 Å². The highest BCUT2D eigenvalue weighted by atomic mass is 79.9. The number of hydrogen-bond donors (Lipinski definition) is 0. The van der Waals surface area contributed by atoms with Crippen molar-refractivity contribution >= 4 is 27.7 Å². The van der Waals surface area contributed by atoms with Gasteiger partial charge in [0.25, 0.3) is 0 Å². The summed E-state index contributed by atoms with van der Waals surface area (Å²) in [5.41, 5.74) is 0. The molecule has 0 fully saturated rings. The molecule has 0 rings (SSSR count). The number of ketones is 1. The molecular weight excluding hydrogens is 372 g/mol. The number of carbonyl (C=O) groups is 2. The normalized spacial score (nSPS) is 10.7. The van der Waals surface area contributed by atoms with Crippen LogP contribution in [-0.4, -0.2) is 77.0 Å². The maximum absolute atomic E-state index is 11.0. The molecule has 0 spiro atoms. The summed E-state index contributed by atoms with van der Waals surface area (Å²) < 4.78 is 25.7. The first-order valence-electron chi connectivity index (χ1n) is 7.66. The highest BCUT2D eigenvalue weighted by molar-refractivity contribution is 9.09. The Kier molecular flexibility index (Phi) is 17.4. The maximum atomic E-state index is 11.0. The van der Waals surface area contributed by atoms with Gasteiger partial charge in [-0.3, -0.25) is 9.59 Å². The molecule has 0 aliphatic heterocycles. The van der Waals surface area contributed by atoms with Crippen LogP contribution < -0.4 is 0 Å². The van der Waals surface area contributed by atoms with Crippen LogP contribution in [0.15, 0.2) is 0 Å². The SMILES string of the molecule is COC(=O)CCOCCOCCOCCOCCCC(=O)CBr. The van der Waals surface area contributed by atoms with Gasteiger partial charge in [0, 0.05) is 13.0 Å². The first kappa shape index (κ1) is 22.5. The van der Waals surface area contributed by atoms with E-state index >= 15 is 0 Å². The Morgan fingerprint density at radius 1 is 0.739 bits per heavy atom. The third-order valence-electron chi connectivity index (χ3n) is 2.69. The Labute approximate surface area is 146 Å². The van der Waals surface area contributed by atoms with Crippen LogP contribution in [0.3, 0.4) is 0 Å². The molecule has 8 heteroatoms. The highest BCUT2D eigenvalue weighted by Crippen LogP contribution is 1.95. The number of ether oxygens (including phenoxy) is 5. The topological polar surface area (TPSA) is 80.3 Å². The molecule has 0 N–H and O–H groups in total. The Bertz CT molecular complexity index is 272. The van der Waals surface area contributed by atoms with E-state index in [9.17, 15) is 9.59 Å². The van der Waals surface area contributed by atoms with E-state index in [-0.39, 0.29) is 18.2 Å². The average molecular weight is 399 g/mol. The van der Waals surface area contributed by atoms with Crippen LogP contribution in [0.2, 0.25) is 0 Å². The van der Waals surface area contributed by atoms with Crippen molar-refractivity contribution in [2.75, 3.05) is 65.3 Å². The summed E-state index contributed by atoms with van der Waals surface area (Å²) in [4.78, 5) is 21.8. The van der Waals surface area contributed by atoms with Gasteiger partial charge in [-0.1, -0.05) is 15.9 Å². The Morgan fingerprint density at radius 2 is 1.22 bits per heavy atom. The number of Topliss-reactive ketones (excluding diaryl/α,β-unsaturated/α-hetero) is 1. The van der Waals surface area contributed by atoms with E-state index in [1.807, 2.05) is 0 Å². The van der Waals surface area contributed by atoms with Crippen LogP contribution in [-0.2, 0) is 33.3 Å². The third-order valence-corrected chi connectivity index (χ3v) is 3.31. The number of halogens is 1. The minimum absolute atomic E-state index is 0.191. The standard InChI is InChI=1S/C15H27BrO7/c1-19-15(18)4-6-21-8-10-23-12-11-22-9-7-20-5-2-3-14(17)13-16/h2-13H2,1H3. The third kappa shape index (κ3) is 17.6. The van der Waals surface area contributed by atoms with Crippen LogP contribution in [0.25, 0.3) is 0 Å². The summed E-state index contributed by atoms with van der Waals surface area (Å²) >= 11 is 3.12. The maximum Gasteiger partial charge on any atom is 0.307 e. The van der Waals surface area contributed by atoms with E-state index < -0.39 is 0 Å². The highest BCUT2D eigenvalue weighted by Gasteiger charge is 1.99. The van der Waals surface area contributed by atoms with Gasteiger partial charge in [-0.25, -0.2) is 0 Å². The van der Waals surface area contributed by atoms with Gasteiger partial charge in [0.15, 0.2) is 0 Å². The number of rotatable bonds is 17. The zero-order valence-electron chi connectivity index (χ0n) is 13.7. The molecule has 0 aromatic rings. The second-order valence-corrected chi connectivity index (χ2v) is 5.11. The molecule has 0 unspecified atom stereocenters. The minimum atomic E-state index is -0.281. The van der Waals surface area contributed by atoms with Crippen molar-refractivity contribution in [3.63, 3.8) is 0 Å². The zero-order valence-corrected chi connectivity index (χ0v) is 15.3. The molecule has 0 heterocycles. The van der Waals surface area contributed by atoms with Crippen LogP contribution in [0.1, 0.15) is 19.3 Å². The Balaban J connectivity index is 3.05. The predicted octanol–water partition coefficient (Wildman–Crippen LogP) is 1.36. The van der Waals surface area contributed by atoms with Gasteiger partial charge >= 0.3 is 5.97 Å². The van der Waals surface area contributed by atoms with Crippen molar-refractivity contribution < 1.29 is 33.3 Å². The second kappa shape index (κ2) is 17.8. The van der Waals surface area contributed by atoms with Gasteiger partial charge in [0.1, 0.15) is 5.78 Å². The van der Waals surface area contributed by atoms with Crippen LogP contribution in [0.5, 0.6) is 0 Å². The van der Waals surface area contributed by atoms with Crippen LogP contribution >= 0.6 is 15.9 Å². The molecular formula is C15H27BrO7. The second-order valence-electron chi connectivity index (χ2n) is 4.55. The number of methoxy groups -OCH3 is 1. The fourth-order valence-electron chi connectivity index (χ4n) is 1.46. The van der Waals surface area contributed by atoms with Gasteiger partial charge in [-0.2, -0.15) is 0 Å². The molecule has 0 aliphatic rings. The van der Waals surface area contributed by atoms with Gasteiger partial charge < -0.3 is 23.7 Å². The summed E-state index contributed by atoms with van der Waals surface area (Å²) in [5, 5.41) is 0.409. The molecule has 0 atom stereocenters. The number of alkyl halides is 1.